The molecule has 1 fully saturated rings. The molecule has 1 N–H and O–H groups in total. The average Bonchev–Trinajstić information content (AvgIpc) is 3.20. The molecule has 1 aliphatic heterocycles. The fraction of sp³-hybridized carbons (Fsp3) is 0.607. The highest BCUT2D eigenvalue weighted by molar-refractivity contribution is 6.76. The van der Waals surface area contributed by atoms with Crippen LogP contribution >= 0.6 is 0 Å². The van der Waals surface area contributed by atoms with Crippen molar-refractivity contribution in [3.8, 4) is 0 Å². The lowest BCUT2D eigenvalue weighted by Crippen LogP contribution is -2.44. The van der Waals surface area contributed by atoms with Crippen LogP contribution in [-0.2, 0) is 16.2 Å². The van der Waals surface area contributed by atoms with E-state index < -0.39 is 8.07 Å². The zero-order valence-electron chi connectivity index (χ0n) is 21.9. The minimum atomic E-state index is -1.08. The summed E-state index contributed by atoms with van der Waals surface area (Å²) in [7, 11) is -1.08. The standard InChI is InChI=1S/C28H42FN3O2Si/c1-21-18-32(20-33-15-16-35(2,3)4)31-28(21)26-9-6-14-30-27(26)19-34-25-12-10-22(11-13-25)23-7-5-8-24(29)17-23/h5,7-8,10,17-18,25-27,30H,6,9,11-16,19-20H2,1-4H3/t25?,26?,27-/m0/s1. The Morgan fingerprint density at radius 3 is 2.83 bits per heavy atom. The Labute approximate surface area is 211 Å². The molecule has 7 heteroatoms. The largest absolute Gasteiger partial charge is 0.376 e. The van der Waals surface area contributed by atoms with E-state index in [0.717, 1.165) is 50.8 Å². The fourth-order valence-corrected chi connectivity index (χ4v) is 5.87. The van der Waals surface area contributed by atoms with Gasteiger partial charge in [0.2, 0.25) is 0 Å². The minimum absolute atomic E-state index is 0.174. The molecule has 0 bridgehead atoms. The summed E-state index contributed by atoms with van der Waals surface area (Å²) in [4.78, 5) is 0. The summed E-state index contributed by atoms with van der Waals surface area (Å²) in [6.45, 7) is 12.3. The van der Waals surface area contributed by atoms with Gasteiger partial charge < -0.3 is 14.8 Å². The van der Waals surface area contributed by atoms with Crippen molar-refractivity contribution in [1.82, 2.24) is 15.1 Å². The lowest BCUT2D eigenvalue weighted by Gasteiger charge is -2.33. The van der Waals surface area contributed by atoms with E-state index in [1.807, 2.05) is 10.7 Å². The van der Waals surface area contributed by atoms with Crippen molar-refractivity contribution in [1.29, 1.82) is 0 Å². The normalized spacial score (nSPS) is 23.3. The monoisotopic (exact) mass is 499 g/mol. The van der Waals surface area contributed by atoms with E-state index in [1.54, 1.807) is 12.1 Å². The van der Waals surface area contributed by atoms with Gasteiger partial charge in [-0.1, -0.05) is 37.8 Å². The molecule has 1 aliphatic carbocycles. The number of hydrogen-bond donors (Lipinski definition) is 1. The third-order valence-electron chi connectivity index (χ3n) is 7.21. The molecule has 2 aromatic rings. The highest BCUT2D eigenvalue weighted by Gasteiger charge is 2.30. The van der Waals surface area contributed by atoms with Crippen LogP contribution in [-0.4, -0.2) is 49.8 Å². The van der Waals surface area contributed by atoms with Crippen LogP contribution in [0.3, 0.4) is 0 Å². The third-order valence-corrected chi connectivity index (χ3v) is 8.91. The maximum Gasteiger partial charge on any atom is 0.139 e. The summed E-state index contributed by atoms with van der Waals surface area (Å²) in [5.74, 6) is 0.182. The Bertz CT molecular complexity index is 1000. The zero-order chi connectivity index (χ0) is 24.8. The van der Waals surface area contributed by atoms with Crippen LogP contribution in [0.25, 0.3) is 5.57 Å². The number of halogens is 1. The first-order chi connectivity index (χ1) is 16.8. The van der Waals surface area contributed by atoms with Crippen LogP contribution < -0.4 is 5.32 Å². The van der Waals surface area contributed by atoms with Crippen molar-refractivity contribution in [3.05, 3.63) is 59.2 Å². The summed E-state index contributed by atoms with van der Waals surface area (Å²) in [5, 5.41) is 8.63. The molecule has 2 unspecified atom stereocenters. The number of benzene rings is 1. The van der Waals surface area contributed by atoms with Gasteiger partial charge in [-0.05, 0) is 80.4 Å². The van der Waals surface area contributed by atoms with E-state index >= 15 is 0 Å². The smallest absolute Gasteiger partial charge is 0.139 e. The maximum absolute atomic E-state index is 13.6. The van der Waals surface area contributed by atoms with Gasteiger partial charge in [-0.2, -0.15) is 5.10 Å². The average molecular weight is 500 g/mol. The fourth-order valence-electron chi connectivity index (χ4n) is 5.11. The van der Waals surface area contributed by atoms with Gasteiger partial charge in [-0.25, -0.2) is 9.07 Å². The highest BCUT2D eigenvalue weighted by atomic mass is 28.3. The van der Waals surface area contributed by atoms with Gasteiger partial charge in [0.1, 0.15) is 12.5 Å². The Hall–Kier alpha value is -1.80. The molecule has 5 nitrogen and oxygen atoms in total. The molecule has 0 spiro atoms. The van der Waals surface area contributed by atoms with Gasteiger partial charge in [0.15, 0.2) is 0 Å². The molecule has 0 amide bonds. The van der Waals surface area contributed by atoms with E-state index in [4.69, 9.17) is 14.6 Å². The van der Waals surface area contributed by atoms with Crippen LogP contribution in [0.15, 0.2) is 36.5 Å². The highest BCUT2D eigenvalue weighted by Crippen LogP contribution is 2.32. The summed E-state index contributed by atoms with van der Waals surface area (Å²) in [6, 6.07) is 8.34. The molecule has 3 atom stereocenters. The van der Waals surface area contributed by atoms with Crippen molar-refractivity contribution >= 4 is 13.6 Å². The van der Waals surface area contributed by atoms with Crippen molar-refractivity contribution in [2.24, 2.45) is 0 Å². The second kappa shape index (κ2) is 12.0. The number of rotatable bonds is 10. The molecule has 4 rings (SSSR count). The molecular weight excluding hydrogens is 457 g/mol. The van der Waals surface area contributed by atoms with Crippen LogP contribution in [0.5, 0.6) is 0 Å². The summed E-state index contributed by atoms with van der Waals surface area (Å²) < 4.78 is 27.9. The number of aromatic nitrogens is 2. The minimum Gasteiger partial charge on any atom is -0.376 e. The number of nitrogens with one attached hydrogen (secondary N) is 1. The Morgan fingerprint density at radius 2 is 2.09 bits per heavy atom. The van der Waals surface area contributed by atoms with Crippen LogP contribution in [0, 0.1) is 12.7 Å². The summed E-state index contributed by atoms with van der Waals surface area (Å²) in [6.07, 6.45) is 9.63. The molecule has 1 aromatic heterocycles. The van der Waals surface area contributed by atoms with Crippen molar-refractivity contribution in [2.75, 3.05) is 19.8 Å². The summed E-state index contributed by atoms with van der Waals surface area (Å²) >= 11 is 0. The molecule has 1 saturated heterocycles. The van der Waals surface area contributed by atoms with Crippen molar-refractivity contribution in [2.45, 2.75) is 89.5 Å². The number of aryl methyl sites for hydroxylation is 1. The second-order valence-corrected chi connectivity index (χ2v) is 17.0. The lowest BCUT2D eigenvalue weighted by molar-refractivity contribution is 0.0248. The van der Waals surface area contributed by atoms with Crippen LogP contribution in [0.1, 0.15) is 54.8 Å². The van der Waals surface area contributed by atoms with E-state index in [2.05, 4.69) is 44.2 Å². The van der Waals surface area contributed by atoms with Gasteiger partial charge in [-0.3, -0.25) is 0 Å². The predicted molar refractivity (Wildman–Crippen MR) is 143 cm³/mol. The zero-order valence-corrected chi connectivity index (χ0v) is 22.9. The first-order valence-corrected chi connectivity index (χ1v) is 16.9. The molecule has 2 heterocycles. The van der Waals surface area contributed by atoms with Gasteiger partial charge in [0.25, 0.3) is 0 Å². The number of allylic oxidation sites excluding steroid dienone is 1. The molecule has 192 valence electrons. The van der Waals surface area contributed by atoms with E-state index in [-0.39, 0.29) is 18.0 Å². The van der Waals surface area contributed by atoms with E-state index in [0.29, 0.717) is 19.3 Å². The van der Waals surface area contributed by atoms with Gasteiger partial charge >= 0.3 is 0 Å². The first kappa shape index (κ1) is 26.3. The van der Waals surface area contributed by atoms with E-state index in [1.165, 1.54) is 28.9 Å². The topological polar surface area (TPSA) is 48.3 Å². The maximum atomic E-state index is 13.6. The quantitative estimate of drug-likeness (QED) is 0.315. The molecular formula is C28H42FN3O2Si. The Balaban J connectivity index is 1.30. The van der Waals surface area contributed by atoms with Gasteiger partial charge in [0, 0.05) is 32.8 Å². The van der Waals surface area contributed by atoms with E-state index in [9.17, 15) is 4.39 Å². The number of hydrogen-bond acceptors (Lipinski definition) is 4. The number of piperidine rings is 1. The van der Waals surface area contributed by atoms with Crippen LogP contribution in [0.2, 0.25) is 25.7 Å². The lowest BCUT2D eigenvalue weighted by atomic mass is 9.87. The predicted octanol–water partition coefficient (Wildman–Crippen LogP) is 6.13. The Kier molecular flexibility index (Phi) is 8.97. The SMILES string of the molecule is Cc1cn(COCC[Si](C)(C)C)nc1C1CCCN[C@H]1COC1CC=C(c2cccc(F)c2)CC1. The van der Waals surface area contributed by atoms with Gasteiger partial charge in [-0.15, -0.1) is 0 Å². The molecule has 1 aromatic carbocycles. The molecule has 0 radical (unpaired) electrons. The van der Waals surface area contributed by atoms with Crippen molar-refractivity contribution in [3.63, 3.8) is 0 Å². The molecule has 0 saturated carbocycles. The summed E-state index contributed by atoms with van der Waals surface area (Å²) in [5.41, 5.74) is 4.63. The molecule has 2 aliphatic rings. The second-order valence-electron chi connectivity index (χ2n) is 11.4. The molecule has 35 heavy (non-hydrogen) atoms. The van der Waals surface area contributed by atoms with Gasteiger partial charge in [0.05, 0.1) is 18.4 Å². The van der Waals surface area contributed by atoms with Crippen molar-refractivity contribution < 1.29 is 13.9 Å². The first-order valence-electron chi connectivity index (χ1n) is 13.2. The van der Waals surface area contributed by atoms with Crippen LogP contribution in [0.4, 0.5) is 4.39 Å². The number of ether oxygens (including phenoxy) is 2. The third kappa shape index (κ3) is 7.59. The Morgan fingerprint density at radius 1 is 1.23 bits per heavy atom. The number of nitrogens with zero attached hydrogens (tertiary/aromatic N) is 2.